The van der Waals surface area contributed by atoms with Gasteiger partial charge in [0.2, 0.25) is 21.8 Å². The Labute approximate surface area is 199 Å². The lowest BCUT2D eigenvalue weighted by molar-refractivity contribution is -0.131. The largest absolute Gasteiger partial charge is 0.352 e. The Balaban J connectivity index is 1.37. The van der Waals surface area contributed by atoms with Gasteiger partial charge in [-0.3, -0.25) is 9.59 Å². The number of nitrogens with zero attached hydrogens (tertiary/aromatic N) is 1. The van der Waals surface area contributed by atoms with Gasteiger partial charge in [-0.25, -0.2) is 8.42 Å². The van der Waals surface area contributed by atoms with Crippen molar-refractivity contribution >= 4 is 33.4 Å². The molecular weight excluding hydrogens is 462 g/mol. The Hall–Kier alpha value is -2.42. The van der Waals surface area contributed by atoms with Crippen molar-refractivity contribution in [2.45, 2.75) is 49.1 Å². The van der Waals surface area contributed by atoms with E-state index in [0.717, 1.165) is 18.4 Å². The minimum Gasteiger partial charge on any atom is -0.352 e. The van der Waals surface area contributed by atoms with E-state index in [-0.39, 0.29) is 41.8 Å². The van der Waals surface area contributed by atoms with Crippen molar-refractivity contribution in [3.05, 3.63) is 65.2 Å². The minimum atomic E-state index is -3.63. The summed E-state index contributed by atoms with van der Waals surface area (Å²) in [6, 6.07) is 15.2. The minimum absolute atomic E-state index is 0.169. The molecule has 0 spiro atoms. The van der Waals surface area contributed by atoms with Crippen LogP contribution in [0.5, 0.6) is 0 Å². The van der Waals surface area contributed by atoms with Gasteiger partial charge in [0.05, 0.1) is 4.90 Å². The van der Waals surface area contributed by atoms with Crippen molar-refractivity contribution < 1.29 is 18.0 Å². The molecule has 0 bridgehead atoms. The predicted molar refractivity (Wildman–Crippen MR) is 126 cm³/mol. The number of hydrogen-bond acceptors (Lipinski definition) is 4. The van der Waals surface area contributed by atoms with E-state index >= 15 is 0 Å². The number of nitrogens with one attached hydrogen (secondary N) is 2. The maximum Gasteiger partial charge on any atom is 0.243 e. The van der Waals surface area contributed by atoms with Crippen molar-refractivity contribution in [3.8, 4) is 0 Å². The Morgan fingerprint density at radius 3 is 2.21 bits per heavy atom. The summed E-state index contributed by atoms with van der Waals surface area (Å²) >= 11 is 5.87. The summed E-state index contributed by atoms with van der Waals surface area (Å²) in [5.41, 5.74) is 0.970. The fourth-order valence-corrected chi connectivity index (χ4v) is 5.59. The molecule has 2 N–H and O–H groups in total. The molecule has 2 aromatic rings. The standard InChI is InChI=1S/C24H28ClN3O4S/c25-19-6-10-21(11-7-19)33(31,32)28-14-12-18(13-15-28)23(29)27-22(24(30)26-20-8-9-20)16-17-4-2-1-3-5-17/h1-7,10-11,18,20,22H,8-9,12-16H2,(H,26,30)(H,27,29). The molecule has 2 aromatic carbocycles. The van der Waals surface area contributed by atoms with E-state index in [4.69, 9.17) is 11.6 Å². The molecule has 1 saturated heterocycles. The zero-order valence-corrected chi connectivity index (χ0v) is 19.8. The van der Waals surface area contributed by atoms with E-state index in [0.29, 0.717) is 24.3 Å². The monoisotopic (exact) mass is 489 g/mol. The molecule has 176 valence electrons. The summed E-state index contributed by atoms with van der Waals surface area (Å²) in [6.07, 6.45) is 3.16. The van der Waals surface area contributed by atoms with E-state index in [1.165, 1.54) is 16.4 Å². The van der Waals surface area contributed by atoms with Crippen LogP contribution in [0.4, 0.5) is 0 Å². The highest BCUT2D eigenvalue weighted by Crippen LogP contribution is 2.25. The SMILES string of the molecule is O=C(NC(Cc1ccccc1)C(=O)NC1CC1)C1CCN(S(=O)(=O)c2ccc(Cl)cc2)CC1. The number of carbonyl (C=O) groups is 2. The average Bonchev–Trinajstić information content (AvgIpc) is 3.63. The van der Waals surface area contributed by atoms with Crippen LogP contribution in [0.3, 0.4) is 0 Å². The molecule has 1 heterocycles. The van der Waals surface area contributed by atoms with E-state index in [1.807, 2.05) is 30.3 Å². The molecule has 1 atom stereocenters. The predicted octanol–water partition coefficient (Wildman–Crippen LogP) is 2.75. The lowest BCUT2D eigenvalue weighted by Crippen LogP contribution is -2.51. The average molecular weight is 490 g/mol. The molecule has 2 amide bonds. The molecule has 7 nitrogen and oxygen atoms in total. The second-order valence-corrected chi connectivity index (χ2v) is 11.0. The van der Waals surface area contributed by atoms with Gasteiger partial charge in [-0.1, -0.05) is 41.9 Å². The van der Waals surface area contributed by atoms with E-state index < -0.39 is 16.1 Å². The first-order valence-corrected chi connectivity index (χ1v) is 13.0. The first-order valence-electron chi connectivity index (χ1n) is 11.2. The smallest absolute Gasteiger partial charge is 0.243 e. The van der Waals surface area contributed by atoms with E-state index in [1.54, 1.807) is 12.1 Å². The molecule has 1 aliphatic heterocycles. The number of carbonyl (C=O) groups excluding carboxylic acids is 2. The van der Waals surface area contributed by atoms with E-state index in [9.17, 15) is 18.0 Å². The Kier molecular flexibility index (Phi) is 7.36. The van der Waals surface area contributed by atoms with Gasteiger partial charge in [0.15, 0.2) is 0 Å². The number of rotatable bonds is 8. The zero-order valence-electron chi connectivity index (χ0n) is 18.2. The van der Waals surface area contributed by atoms with Gasteiger partial charge in [-0.15, -0.1) is 0 Å². The first kappa shape index (κ1) is 23.7. The van der Waals surface area contributed by atoms with Gasteiger partial charge in [-0.05, 0) is 55.5 Å². The number of sulfonamides is 1. The number of benzene rings is 2. The fraction of sp³-hybridized carbons (Fsp3) is 0.417. The van der Waals surface area contributed by atoms with Crippen LogP contribution < -0.4 is 10.6 Å². The summed E-state index contributed by atoms with van der Waals surface area (Å²) in [4.78, 5) is 25.9. The normalized spacial score (nSPS) is 18.5. The van der Waals surface area contributed by atoms with Gasteiger partial charge in [0, 0.05) is 36.5 Å². The fourth-order valence-electron chi connectivity index (χ4n) is 3.99. The van der Waals surface area contributed by atoms with E-state index in [2.05, 4.69) is 10.6 Å². The van der Waals surface area contributed by atoms with Crippen LogP contribution in [0, 0.1) is 5.92 Å². The van der Waals surface area contributed by atoms with Crippen LogP contribution >= 0.6 is 11.6 Å². The second kappa shape index (κ2) is 10.2. The van der Waals surface area contributed by atoms with Crippen molar-refractivity contribution in [1.82, 2.24) is 14.9 Å². The van der Waals surface area contributed by atoms with Crippen molar-refractivity contribution in [2.75, 3.05) is 13.1 Å². The highest BCUT2D eigenvalue weighted by molar-refractivity contribution is 7.89. The lowest BCUT2D eigenvalue weighted by atomic mass is 9.96. The van der Waals surface area contributed by atoms with Gasteiger partial charge in [0.25, 0.3) is 0 Å². The van der Waals surface area contributed by atoms with Gasteiger partial charge in [-0.2, -0.15) is 4.31 Å². The Bertz CT molecular complexity index is 1080. The molecule has 9 heteroatoms. The molecule has 1 aliphatic carbocycles. The molecule has 2 fully saturated rings. The maximum atomic E-state index is 13.0. The molecule has 2 aliphatic rings. The zero-order chi connectivity index (χ0) is 23.4. The molecule has 0 aromatic heterocycles. The maximum absolute atomic E-state index is 13.0. The molecule has 1 unspecified atom stereocenters. The summed E-state index contributed by atoms with van der Waals surface area (Å²) < 4.78 is 27.2. The number of halogens is 1. The van der Waals surface area contributed by atoms with Gasteiger partial charge < -0.3 is 10.6 Å². The summed E-state index contributed by atoms with van der Waals surface area (Å²) in [5, 5.41) is 6.38. The van der Waals surface area contributed by atoms with Gasteiger partial charge in [0.1, 0.15) is 6.04 Å². The van der Waals surface area contributed by atoms with Crippen molar-refractivity contribution in [2.24, 2.45) is 5.92 Å². The number of piperidine rings is 1. The third-order valence-electron chi connectivity index (χ3n) is 6.12. The first-order chi connectivity index (χ1) is 15.8. The van der Waals surface area contributed by atoms with Crippen LogP contribution in [-0.4, -0.2) is 49.7 Å². The third-order valence-corrected chi connectivity index (χ3v) is 8.28. The topological polar surface area (TPSA) is 95.6 Å². The molecule has 33 heavy (non-hydrogen) atoms. The summed E-state index contributed by atoms with van der Waals surface area (Å²) in [6.45, 7) is 0.501. The number of hydrogen-bond donors (Lipinski definition) is 2. The second-order valence-electron chi connectivity index (χ2n) is 8.67. The van der Waals surface area contributed by atoms with Crippen LogP contribution in [0.2, 0.25) is 5.02 Å². The summed E-state index contributed by atoms with van der Waals surface area (Å²) in [5.74, 6) is -0.712. The molecule has 4 rings (SSSR count). The summed E-state index contributed by atoms with van der Waals surface area (Å²) in [7, 11) is -3.63. The highest BCUT2D eigenvalue weighted by atomic mass is 35.5. The Morgan fingerprint density at radius 1 is 0.970 bits per heavy atom. The molecule has 0 radical (unpaired) electrons. The van der Waals surface area contributed by atoms with Crippen LogP contribution in [-0.2, 0) is 26.0 Å². The van der Waals surface area contributed by atoms with Crippen molar-refractivity contribution in [1.29, 1.82) is 0 Å². The van der Waals surface area contributed by atoms with Crippen LogP contribution in [0.25, 0.3) is 0 Å². The molecule has 1 saturated carbocycles. The van der Waals surface area contributed by atoms with Crippen molar-refractivity contribution in [3.63, 3.8) is 0 Å². The quantitative estimate of drug-likeness (QED) is 0.596. The Morgan fingerprint density at radius 2 is 1.61 bits per heavy atom. The van der Waals surface area contributed by atoms with Crippen LogP contribution in [0.1, 0.15) is 31.2 Å². The highest BCUT2D eigenvalue weighted by Gasteiger charge is 2.34. The number of amides is 2. The third kappa shape index (κ3) is 6.13. The van der Waals surface area contributed by atoms with Crippen LogP contribution in [0.15, 0.2) is 59.5 Å². The lowest BCUT2D eigenvalue weighted by Gasteiger charge is -2.31. The van der Waals surface area contributed by atoms with Gasteiger partial charge >= 0.3 is 0 Å². The molecular formula is C24H28ClN3O4S.